The van der Waals surface area contributed by atoms with Crippen LogP contribution in [-0.2, 0) is 11.3 Å². The Hall–Kier alpha value is -1.36. The van der Waals surface area contributed by atoms with Crippen LogP contribution in [0.4, 0.5) is 0 Å². The molecule has 0 aromatic carbocycles. The number of nitrogens with two attached hydrogens (primary N) is 1. The van der Waals surface area contributed by atoms with E-state index in [0.29, 0.717) is 6.54 Å². The molecule has 0 saturated heterocycles. The van der Waals surface area contributed by atoms with Gasteiger partial charge in [0.25, 0.3) is 0 Å². The molecule has 2 N–H and O–H groups in total. The fourth-order valence-electron chi connectivity index (χ4n) is 2.58. The molecule has 1 aliphatic rings. The van der Waals surface area contributed by atoms with Crippen molar-refractivity contribution in [2.75, 3.05) is 7.05 Å². The molecule has 1 aromatic heterocycles. The average molecular weight is 251 g/mol. The molecule has 0 spiro atoms. The molecule has 0 aliphatic heterocycles. The molecule has 1 aromatic rings. The third-order valence-electron chi connectivity index (χ3n) is 3.59. The molecular formula is C13H21N3O2. The van der Waals surface area contributed by atoms with Crippen LogP contribution in [0, 0.1) is 6.92 Å². The number of hydrogen-bond acceptors (Lipinski definition) is 4. The number of amides is 1. The molecule has 1 amide bonds. The second kappa shape index (κ2) is 5.10. The van der Waals surface area contributed by atoms with Gasteiger partial charge < -0.3 is 15.2 Å². The maximum absolute atomic E-state index is 12.4. The Morgan fingerprint density at radius 3 is 2.72 bits per heavy atom. The minimum atomic E-state index is -0.675. The van der Waals surface area contributed by atoms with E-state index in [1.54, 1.807) is 11.9 Å². The van der Waals surface area contributed by atoms with Crippen LogP contribution >= 0.6 is 0 Å². The number of hydrogen-bond donors (Lipinski definition) is 1. The van der Waals surface area contributed by atoms with E-state index in [-0.39, 0.29) is 5.91 Å². The van der Waals surface area contributed by atoms with Crippen molar-refractivity contribution in [1.82, 2.24) is 10.1 Å². The van der Waals surface area contributed by atoms with Gasteiger partial charge in [0.15, 0.2) is 0 Å². The Bertz CT molecular complexity index is 422. The zero-order valence-electron chi connectivity index (χ0n) is 11.1. The van der Waals surface area contributed by atoms with Crippen molar-refractivity contribution in [2.24, 2.45) is 5.73 Å². The summed E-state index contributed by atoms with van der Waals surface area (Å²) in [5, 5.41) is 3.90. The normalized spacial score (nSPS) is 18.6. The van der Waals surface area contributed by atoms with Crippen LogP contribution in [0.25, 0.3) is 0 Å². The smallest absolute Gasteiger partial charge is 0.242 e. The van der Waals surface area contributed by atoms with Crippen LogP contribution in [0.1, 0.15) is 43.6 Å². The topological polar surface area (TPSA) is 72.4 Å². The van der Waals surface area contributed by atoms with Crippen LogP contribution in [0.3, 0.4) is 0 Å². The highest BCUT2D eigenvalue weighted by molar-refractivity contribution is 5.86. The molecule has 0 unspecified atom stereocenters. The number of carbonyl (C=O) groups excluding carboxylic acids is 1. The molecular weight excluding hydrogens is 230 g/mol. The maximum Gasteiger partial charge on any atom is 0.242 e. The molecule has 0 bridgehead atoms. The summed E-state index contributed by atoms with van der Waals surface area (Å²) < 4.78 is 5.00. The standard InChI is InChI=1S/C13H21N3O2/c1-10-8-11(15-18-10)9-16(2)12(17)13(14)6-4-3-5-7-13/h8H,3-7,9,14H2,1-2H3. The summed E-state index contributed by atoms with van der Waals surface area (Å²) in [5.74, 6) is 0.772. The van der Waals surface area contributed by atoms with Crippen molar-refractivity contribution in [3.63, 3.8) is 0 Å². The van der Waals surface area contributed by atoms with Crippen LogP contribution in [0.2, 0.25) is 0 Å². The number of aromatic nitrogens is 1. The quantitative estimate of drug-likeness (QED) is 0.885. The number of nitrogens with zero attached hydrogens (tertiary/aromatic N) is 2. The van der Waals surface area contributed by atoms with Gasteiger partial charge in [-0.2, -0.15) is 0 Å². The van der Waals surface area contributed by atoms with Crippen molar-refractivity contribution in [1.29, 1.82) is 0 Å². The van der Waals surface area contributed by atoms with Gasteiger partial charge in [0.2, 0.25) is 5.91 Å². The van der Waals surface area contributed by atoms with Gasteiger partial charge >= 0.3 is 0 Å². The lowest BCUT2D eigenvalue weighted by atomic mass is 9.81. The lowest BCUT2D eigenvalue weighted by Crippen LogP contribution is -2.55. The zero-order valence-corrected chi connectivity index (χ0v) is 11.1. The zero-order chi connectivity index (χ0) is 13.2. The van der Waals surface area contributed by atoms with E-state index >= 15 is 0 Å². The number of likely N-dealkylation sites (N-methyl/N-ethyl adjacent to an activating group) is 1. The van der Waals surface area contributed by atoms with E-state index in [1.807, 2.05) is 13.0 Å². The first-order valence-electron chi connectivity index (χ1n) is 6.48. The van der Waals surface area contributed by atoms with Gasteiger partial charge in [-0.3, -0.25) is 4.79 Å². The van der Waals surface area contributed by atoms with E-state index in [0.717, 1.165) is 37.1 Å². The van der Waals surface area contributed by atoms with Gasteiger partial charge in [0.1, 0.15) is 11.5 Å². The summed E-state index contributed by atoms with van der Waals surface area (Å²) in [6.07, 6.45) is 4.83. The Balaban J connectivity index is 1.99. The van der Waals surface area contributed by atoms with Crippen molar-refractivity contribution >= 4 is 5.91 Å². The minimum Gasteiger partial charge on any atom is -0.361 e. The fourth-order valence-corrected chi connectivity index (χ4v) is 2.58. The highest BCUT2D eigenvalue weighted by Gasteiger charge is 2.37. The van der Waals surface area contributed by atoms with Crippen LogP contribution in [0.5, 0.6) is 0 Å². The van der Waals surface area contributed by atoms with Gasteiger partial charge in [0.05, 0.1) is 12.1 Å². The lowest BCUT2D eigenvalue weighted by molar-refractivity contribution is -0.137. The van der Waals surface area contributed by atoms with Crippen molar-refractivity contribution in [3.8, 4) is 0 Å². The first kappa shape index (κ1) is 13.1. The highest BCUT2D eigenvalue weighted by Crippen LogP contribution is 2.27. The van der Waals surface area contributed by atoms with Gasteiger partial charge in [-0.15, -0.1) is 0 Å². The molecule has 1 aliphatic carbocycles. The predicted molar refractivity (Wildman–Crippen MR) is 67.7 cm³/mol. The van der Waals surface area contributed by atoms with Gasteiger partial charge in [-0.05, 0) is 19.8 Å². The summed E-state index contributed by atoms with van der Waals surface area (Å²) >= 11 is 0. The van der Waals surface area contributed by atoms with Crippen molar-refractivity contribution in [2.45, 2.75) is 51.1 Å². The van der Waals surface area contributed by atoms with Crippen LogP contribution < -0.4 is 5.73 Å². The SMILES string of the molecule is Cc1cc(CN(C)C(=O)C2(N)CCCCC2)no1. The fraction of sp³-hybridized carbons (Fsp3) is 0.692. The van der Waals surface area contributed by atoms with E-state index in [9.17, 15) is 4.79 Å². The lowest BCUT2D eigenvalue weighted by Gasteiger charge is -2.35. The summed E-state index contributed by atoms with van der Waals surface area (Å²) in [6, 6.07) is 1.84. The molecule has 5 heteroatoms. The molecule has 1 saturated carbocycles. The highest BCUT2D eigenvalue weighted by atomic mass is 16.5. The minimum absolute atomic E-state index is 0.0165. The van der Waals surface area contributed by atoms with E-state index in [2.05, 4.69) is 5.16 Å². The summed E-state index contributed by atoms with van der Waals surface area (Å²) in [7, 11) is 1.77. The molecule has 2 rings (SSSR count). The van der Waals surface area contributed by atoms with Gasteiger partial charge in [-0.1, -0.05) is 24.4 Å². The summed E-state index contributed by atoms with van der Waals surface area (Å²) in [5.41, 5.74) is 6.32. The molecule has 0 radical (unpaired) electrons. The molecule has 100 valence electrons. The van der Waals surface area contributed by atoms with E-state index < -0.39 is 5.54 Å². The number of rotatable bonds is 3. The second-order valence-electron chi connectivity index (χ2n) is 5.31. The summed E-state index contributed by atoms with van der Waals surface area (Å²) in [4.78, 5) is 14.0. The van der Waals surface area contributed by atoms with Crippen LogP contribution in [0.15, 0.2) is 10.6 Å². The van der Waals surface area contributed by atoms with Crippen molar-refractivity contribution < 1.29 is 9.32 Å². The van der Waals surface area contributed by atoms with Gasteiger partial charge in [0, 0.05) is 13.1 Å². The molecule has 5 nitrogen and oxygen atoms in total. The molecule has 0 atom stereocenters. The Morgan fingerprint density at radius 1 is 1.50 bits per heavy atom. The third kappa shape index (κ3) is 2.72. The largest absolute Gasteiger partial charge is 0.361 e. The Morgan fingerprint density at radius 2 is 2.17 bits per heavy atom. The van der Waals surface area contributed by atoms with Crippen molar-refractivity contribution in [3.05, 3.63) is 17.5 Å². The predicted octanol–water partition coefficient (Wildman–Crippen LogP) is 1.60. The maximum atomic E-state index is 12.4. The third-order valence-corrected chi connectivity index (χ3v) is 3.59. The molecule has 1 heterocycles. The van der Waals surface area contributed by atoms with Crippen LogP contribution in [-0.4, -0.2) is 28.6 Å². The molecule has 1 fully saturated rings. The monoisotopic (exact) mass is 251 g/mol. The summed E-state index contributed by atoms with van der Waals surface area (Å²) in [6.45, 7) is 2.29. The Labute approximate surface area is 107 Å². The average Bonchev–Trinajstić information content (AvgIpc) is 2.74. The molecule has 18 heavy (non-hydrogen) atoms. The first-order chi connectivity index (χ1) is 8.51. The van der Waals surface area contributed by atoms with E-state index in [1.165, 1.54) is 6.42 Å². The first-order valence-corrected chi connectivity index (χ1v) is 6.48. The Kier molecular flexibility index (Phi) is 3.71. The van der Waals surface area contributed by atoms with E-state index in [4.69, 9.17) is 10.3 Å². The number of aryl methyl sites for hydroxylation is 1. The number of carbonyl (C=O) groups is 1. The van der Waals surface area contributed by atoms with Gasteiger partial charge in [-0.25, -0.2) is 0 Å². The second-order valence-corrected chi connectivity index (χ2v) is 5.31.